The molecule has 1 aliphatic rings. The number of hydrogen-bond donors (Lipinski definition) is 1. The summed E-state index contributed by atoms with van der Waals surface area (Å²) in [5, 5.41) is 3.11. The van der Waals surface area contributed by atoms with Crippen LogP contribution in [0.5, 0.6) is 11.5 Å². The Balaban J connectivity index is 1.45. The number of fused-ring (bicyclic) bond motifs is 1. The third-order valence-corrected chi connectivity index (χ3v) is 6.30. The van der Waals surface area contributed by atoms with E-state index < -0.39 is 0 Å². The summed E-state index contributed by atoms with van der Waals surface area (Å²) in [5.41, 5.74) is 4.13. The number of carbonyl (C=O) groups is 1. The lowest BCUT2D eigenvalue weighted by molar-refractivity contribution is 0.179. The Labute approximate surface area is 204 Å². The van der Waals surface area contributed by atoms with Crippen LogP contribution in [0.4, 0.5) is 4.79 Å². The highest BCUT2D eigenvalue weighted by Crippen LogP contribution is 2.41. The number of rotatable bonds is 6. The van der Waals surface area contributed by atoms with Gasteiger partial charge < -0.3 is 19.7 Å². The van der Waals surface area contributed by atoms with E-state index in [2.05, 4.69) is 27.4 Å². The minimum atomic E-state index is -0.248. The molecular weight excluding hydrogens is 442 g/mol. The average Bonchev–Trinajstić information content (AvgIpc) is 3.45. The van der Waals surface area contributed by atoms with Crippen molar-refractivity contribution in [2.24, 2.45) is 0 Å². The molecule has 178 valence electrons. The minimum absolute atomic E-state index is 0.139. The number of hydrogen-bond acceptors (Lipinski definition) is 5. The highest BCUT2D eigenvalue weighted by molar-refractivity contribution is 5.76. The summed E-state index contributed by atoms with van der Waals surface area (Å²) in [6.45, 7) is 0.923. The van der Waals surface area contributed by atoms with Crippen molar-refractivity contribution in [3.05, 3.63) is 102 Å². The topological polar surface area (TPSA) is 81.5 Å². The van der Waals surface area contributed by atoms with Gasteiger partial charge >= 0.3 is 6.03 Å². The van der Waals surface area contributed by atoms with E-state index in [0.717, 1.165) is 34.5 Å². The Kier molecular flexibility index (Phi) is 6.34. The van der Waals surface area contributed by atoms with Crippen molar-refractivity contribution in [3.8, 4) is 17.3 Å². The molecule has 2 aromatic heterocycles. The second-order valence-electron chi connectivity index (χ2n) is 8.28. The lowest BCUT2D eigenvalue weighted by Crippen LogP contribution is -2.45. The molecule has 2 aromatic carbocycles. The molecule has 0 fully saturated rings. The zero-order valence-electron chi connectivity index (χ0n) is 19.7. The van der Waals surface area contributed by atoms with Crippen LogP contribution < -0.4 is 14.8 Å². The summed E-state index contributed by atoms with van der Waals surface area (Å²) >= 11 is 0. The molecule has 5 rings (SSSR count). The second kappa shape index (κ2) is 9.89. The number of aromatic nitrogens is 3. The van der Waals surface area contributed by atoms with E-state index in [0.29, 0.717) is 24.6 Å². The van der Waals surface area contributed by atoms with Gasteiger partial charge in [0.25, 0.3) is 0 Å². The fraction of sp³-hybridized carbons (Fsp3) is 0.222. The molecule has 1 unspecified atom stereocenters. The summed E-state index contributed by atoms with van der Waals surface area (Å²) in [6.07, 6.45) is 7.69. The Bertz CT molecular complexity index is 1310. The predicted molar refractivity (Wildman–Crippen MR) is 132 cm³/mol. The summed E-state index contributed by atoms with van der Waals surface area (Å²) < 4.78 is 12.9. The number of urea groups is 1. The molecule has 0 saturated carbocycles. The standard InChI is InChI=1S/C27H27N5O3/c1-34-23-15-20-10-13-32(25(19-7-4-3-5-8-19)22(20)16-24(23)35-2)27(33)30-17-21-9-6-11-29-26(21)31-14-12-28-18-31/h3-9,11-12,14-16,18,25H,10,13,17H2,1-2H3,(H,30,33). The SMILES string of the molecule is COc1cc2c(cc1OC)C(c1ccccc1)N(C(=O)NCc1cccnc1-n1ccnc1)CC2. The first kappa shape index (κ1) is 22.5. The van der Waals surface area contributed by atoms with E-state index in [1.165, 1.54) is 0 Å². The molecule has 1 N–H and O–H groups in total. The minimum Gasteiger partial charge on any atom is -0.493 e. The van der Waals surface area contributed by atoms with Crippen LogP contribution in [0.15, 0.2) is 79.5 Å². The summed E-state index contributed by atoms with van der Waals surface area (Å²) in [4.78, 5) is 24.0. The van der Waals surface area contributed by atoms with Crippen LogP contribution >= 0.6 is 0 Å². The third kappa shape index (κ3) is 4.42. The molecule has 35 heavy (non-hydrogen) atoms. The molecule has 0 saturated heterocycles. The molecular formula is C27H27N5O3. The van der Waals surface area contributed by atoms with Gasteiger partial charge in [-0.3, -0.25) is 4.57 Å². The van der Waals surface area contributed by atoms with E-state index in [1.807, 2.05) is 58.1 Å². The van der Waals surface area contributed by atoms with Gasteiger partial charge in [-0.05, 0) is 41.3 Å². The number of nitrogens with one attached hydrogen (secondary N) is 1. The quantitative estimate of drug-likeness (QED) is 0.459. The number of nitrogens with zero attached hydrogens (tertiary/aromatic N) is 4. The smallest absolute Gasteiger partial charge is 0.318 e. The van der Waals surface area contributed by atoms with E-state index in [9.17, 15) is 4.79 Å². The lowest BCUT2D eigenvalue weighted by atomic mass is 9.88. The van der Waals surface area contributed by atoms with Crippen molar-refractivity contribution in [1.29, 1.82) is 0 Å². The second-order valence-corrected chi connectivity index (χ2v) is 8.28. The van der Waals surface area contributed by atoms with E-state index >= 15 is 0 Å². The number of methoxy groups -OCH3 is 2. The Hall–Kier alpha value is -4.33. The van der Waals surface area contributed by atoms with Crippen LogP contribution in [0, 0.1) is 0 Å². The summed E-state index contributed by atoms with van der Waals surface area (Å²) in [7, 11) is 3.26. The van der Waals surface area contributed by atoms with Crippen molar-refractivity contribution >= 4 is 6.03 Å². The van der Waals surface area contributed by atoms with Crippen LogP contribution in [0.25, 0.3) is 5.82 Å². The van der Waals surface area contributed by atoms with E-state index in [1.54, 1.807) is 32.9 Å². The van der Waals surface area contributed by atoms with Crippen LogP contribution in [-0.4, -0.2) is 46.2 Å². The lowest BCUT2D eigenvalue weighted by Gasteiger charge is -2.38. The van der Waals surface area contributed by atoms with Gasteiger partial charge in [0.2, 0.25) is 0 Å². The van der Waals surface area contributed by atoms with Crippen molar-refractivity contribution in [3.63, 3.8) is 0 Å². The van der Waals surface area contributed by atoms with Gasteiger partial charge in [-0.25, -0.2) is 14.8 Å². The first-order chi connectivity index (χ1) is 17.2. The maximum absolute atomic E-state index is 13.6. The summed E-state index contributed by atoms with van der Waals surface area (Å²) in [5.74, 6) is 2.08. The van der Waals surface area contributed by atoms with Gasteiger partial charge in [0.05, 0.1) is 20.3 Å². The van der Waals surface area contributed by atoms with Crippen LogP contribution in [0.3, 0.4) is 0 Å². The number of amides is 2. The van der Waals surface area contributed by atoms with Gasteiger partial charge in [0.1, 0.15) is 12.1 Å². The molecule has 2 amide bonds. The molecule has 8 heteroatoms. The Morgan fingerprint density at radius 2 is 1.86 bits per heavy atom. The normalized spacial score (nSPS) is 14.8. The molecule has 0 spiro atoms. The van der Waals surface area contributed by atoms with Gasteiger partial charge in [-0.15, -0.1) is 0 Å². The molecule has 0 radical (unpaired) electrons. The fourth-order valence-corrected chi connectivity index (χ4v) is 4.62. The predicted octanol–water partition coefficient (Wildman–Crippen LogP) is 4.14. The highest BCUT2D eigenvalue weighted by Gasteiger charge is 2.33. The molecule has 1 atom stereocenters. The zero-order valence-corrected chi connectivity index (χ0v) is 19.7. The van der Waals surface area contributed by atoms with Crippen LogP contribution in [0.1, 0.15) is 28.3 Å². The average molecular weight is 470 g/mol. The largest absolute Gasteiger partial charge is 0.493 e. The van der Waals surface area contributed by atoms with Crippen molar-refractivity contribution in [2.75, 3.05) is 20.8 Å². The van der Waals surface area contributed by atoms with Crippen molar-refractivity contribution < 1.29 is 14.3 Å². The first-order valence-corrected chi connectivity index (χ1v) is 11.5. The number of carbonyl (C=O) groups excluding carboxylic acids is 1. The van der Waals surface area contributed by atoms with Crippen LogP contribution in [0.2, 0.25) is 0 Å². The molecule has 0 bridgehead atoms. The Morgan fingerprint density at radius 1 is 1.06 bits per heavy atom. The van der Waals surface area contributed by atoms with Gasteiger partial charge in [-0.2, -0.15) is 0 Å². The number of pyridine rings is 1. The zero-order chi connectivity index (χ0) is 24.2. The van der Waals surface area contributed by atoms with Gasteiger partial charge in [-0.1, -0.05) is 36.4 Å². The van der Waals surface area contributed by atoms with E-state index in [4.69, 9.17) is 9.47 Å². The van der Waals surface area contributed by atoms with Crippen molar-refractivity contribution in [2.45, 2.75) is 19.0 Å². The first-order valence-electron chi connectivity index (χ1n) is 11.5. The number of benzene rings is 2. The fourth-order valence-electron chi connectivity index (χ4n) is 4.62. The molecule has 0 aliphatic carbocycles. The Morgan fingerprint density at radius 3 is 2.60 bits per heavy atom. The molecule has 4 aromatic rings. The van der Waals surface area contributed by atoms with Gasteiger partial charge in [0.15, 0.2) is 11.5 Å². The molecule has 3 heterocycles. The van der Waals surface area contributed by atoms with E-state index in [-0.39, 0.29) is 12.1 Å². The van der Waals surface area contributed by atoms with Gasteiger partial charge in [0, 0.05) is 37.2 Å². The highest BCUT2D eigenvalue weighted by atomic mass is 16.5. The monoisotopic (exact) mass is 469 g/mol. The molecule has 8 nitrogen and oxygen atoms in total. The molecule has 1 aliphatic heterocycles. The number of ether oxygens (including phenoxy) is 2. The van der Waals surface area contributed by atoms with Crippen molar-refractivity contribution in [1.82, 2.24) is 24.8 Å². The maximum atomic E-state index is 13.6. The number of imidazole rings is 1. The summed E-state index contributed by atoms with van der Waals surface area (Å²) in [6, 6.07) is 17.5. The third-order valence-electron chi connectivity index (χ3n) is 6.30. The van der Waals surface area contributed by atoms with Crippen LogP contribution in [-0.2, 0) is 13.0 Å². The maximum Gasteiger partial charge on any atom is 0.318 e.